The molecule has 3 heteroatoms. The molecule has 0 saturated carbocycles. The minimum absolute atomic E-state index is 0.0880. The van der Waals surface area contributed by atoms with Crippen LogP contribution in [0.2, 0.25) is 0 Å². The van der Waals surface area contributed by atoms with Crippen molar-refractivity contribution in [2.75, 3.05) is 0 Å². The zero-order valence-electron chi connectivity index (χ0n) is 9.03. The smallest absolute Gasteiger partial charge is 0.119 e. The van der Waals surface area contributed by atoms with E-state index >= 15 is 0 Å². The molecule has 0 fully saturated rings. The van der Waals surface area contributed by atoms with E-state index in [1.54, 1.807) is 19.9 Å². The van der Waals surface area contributed by atoms with Crippen molar-refractivity contribution in [2.45, 2.75) is 13.8 Å². The largest absolute Gasteiger partial charge is 0.508 e. The van der Waals surface area contributed by atoms with Crippen molar-refractivity contribution in [3.63, 3.8) is 0 Å². The molecule has 0 unspecified atom stereocenters. The molecular formula is C12H16O3. The summed E-state index contributed by atoms with van der Waals surface area (Å²) in [6.45, 7) is 10.6. The number of benzene rings is 1. The first-order chi connectivity index (χ1) is 6.91. The number of aromatic hydroxyl groups is 2. The standard InChI is InChI=1S/C6H6O2.C6H10O/c7-5-2-1-3-6(8)4-5;1-5(2)7-6(3)4/h1-4,7-8H;1,3H2,2,4H3. The predicted octanol–water partition coefficient (Wildman–Crippen LogP) is 3.17. The van der Waals surface area contributed by atoms with Gasteiger partial charge in [0.1, 0.15) is 11.5 Å². The quantitative estimate of drug-likeness (QED) is 0.734. The summed E-state index contributed by atoms with van der Waals surface area (Å²) in [5.41, 5.74) is 0. The minimum atomic E-state index is 0.0880. The molecule has 0 aliphatic carbocycles. The van der Waals surface area contributed by atoms with Crippen LogP contribution in [0, 0.1) is 0 Å². The van der Waals surface area contributed by atoms with E-state index in [2.05, 4.69) is 13.2 Å². The molecule has 0 radical (unpaired) electrons. The van der Waals surface area contributed by atoms with Crippen LogP contribution in [0.3, 0.4) is 0 Å². The molecule has 0 amide bonds. The molecule has 1 rings (SSSR count). The number of ether oxygens (including phenoxy) is 1. The van der Waals surface area contributed by atoms with Crippen molar-refractivity contribution in [3.8, 4) is 11.5 Å². The zero-order chi connectivity index (χ0) is 11.8. The Balaban J connectivity index is 0.000000265. The molecule has 2 N–H and O–H groups in total. The van der Waals surface area contributed by atoms with Crippen LogP contribution in [0.5, 0.6) is 11.5 Å². The van der Waals surface area contributed by atoms with Crippen molar-refractivity contribution < 1.29 is 14.9 Å². The summed E-state index contributed by atoms with van der Waals surface area (Å²) in [7, 11) is 0. The van der Waals surface area contributed by atoms with E-state index in [4.69, 9.17) is 14.9 Å². The summed E-state index contributed by atoms with van der Waals surface area (Å²) in [6, 6.07) is 5.85. The van der Waals surface area contributed by atoms with Gasteiger partial charge in [0.25, 0.3) is 0 Å². The minimum Gasteiger partial charge on any atom is -0.508 e. The Morgan fingerprint density at radius 2 is 1.47 bits per heavy atom. The zero-order valence-corrected chi connectivity index (χ0v) is 9.03. The van der Waals surface area contributed by atoms with Crippen LogP contribution in [0.25, 0.3) is 0 Å². The van der Waals surface area contributed by atoms with Crippen LogP contribution in [-0.4, -0.2) is 10.2 Å². The molecule has 1 aromatic rings. The maximum atomic E-state index is 8.65. The van der Waals surface area contributed by atoms with Crippen molar-refractivity contribution in [1.82, 2.24) is 0 Å². The Bertz CT molecular complexity index is 313. The van der Waals surface area contributed by atoms with E-state index in [-0.39, 0.29) is 11.5 Å². The van der Waals surface area contributed by atoms with Gasteiger partial charge in [0.05, 0.1) is 11.5 Å². The van der Waals surface area contributed by atoms with Crippen LogP contribution < -0.4 is 0 Å². The lowest BCUT2D eigenvalue weighted by molar-refractivity contribution is 0.313. The summed E-state index contributed by atoms with van der Waals surface area (Å²) >= 11 is 0. The molecule has 0 aromatic heterocycles. The molecule has 0 aliphatic heterocycles. The van der Waals surface area contributed by atoms with Gasteiger partial charge in [-0.1, -0.05) is 19.2 Å². The van der Waals surface area contributed by atoms with Gasteiger partial charge in [-0.3, -0.25) is 0 Å². The van der Waals surface area contributed by atoms with Crippen molar-refractivity contribution in [1.29, 1.82) is 0 Å². The molecule has 0 bridgehead atoms. The summed E-state index contributed by atoms with van der Waals surface area (Å²) < 4.78 is 4.86. The lowest BCUT2D eigenvalue weighted by atomic mass is 10.3. The van der Waals surface area contributed by atoms with Crippen molar-refractivity contribution in [2.24, 2.45) is 0 Å². The second kappa shape index (κ2) is 6.54. The van der Waals surface area contributed by atoms with Crippen LogP contribution in [0.15, 0.2) is 48.9 Å². The number of allylic oxidation sites excluding steroid dienone is 2. The summed E-state index contributed by atoms with van der Waals surface area (Å²) in [5, 5.41) is 17.3. The molecule has 82 valence electrons. The maximum absolute atomic E-state index is 8.65. The van der Waals surface area contributed by atoms with Crippen molar-refractivity contribution in [3.05, 3.63) is 48.9 Å². The fourth-order valence-electron chi connectivity index (χ4n) is 0.790. The van der Waals surface area contributed by atoms with E-state index < -0.39 is 0 Å². The average Bonchev–Trinajstić information content (AvgIpc) is 2.01. The highest BCUT2D eigenvalue weighted by atomic mass is 16.5. The highest BCUT2D eigenvalue weighted by Crippen LogP contribution is 2.14. The lowest BCUT2D eigenvalue weighted by Gasteiger charge is -1.99. The van der Waals surface area contributed by atoms with Crippen LogP contribution in [0.1, 0.15) is 13.8 Å². The van der Waals surface area contributed by atoms with Gasteiger partial charge in [0.2, 0.25) is 0 Å². The van der Waals surface area contributed by atoms with E-state index in [0.29, 0.717) is 11.5 Å². The molecule has 3 nitrogen and oxygen atoms in total. The van der Waals surface area contributed by atoms with E-state index in [1.807, 2.05) is 0 Å². The second-order valence-corrected chi connectivity index (χ2v) is 3.03. The third-order valence-corrected chi connectivity index (χ3v) is 1.18. The van der Waals surface area contributed by atoms with Gasteiger partial charge in [0.15, 0.2) is 0 Å². The summed E-state index contributed by atoms with van der Waals surface area (Å²) in [5.74, 6) is 1.55. The van der Waals surface area contributed by atoms with Gasteiger partial charge < -0.3 is 14.9 Å². The molecule has 0 atom stereocenters. The van der Waals surface area contributed by atoms with Gasteiger partial charge in [-0.2, -0.15) is 0 Å². The van der Waals surface area contributed by atoms with E-state index in [9.17, 15) is 0 Å². The third kappa shape index (κ3) is 8.43. The summed E-state index contributed by atoms with van der Waals surface area (Å²) in [6.07, 6.45) is 0. The maximum Gasteiger partial charge on any atom is 0.119 e. The first-order valence-corrected chi connectivity index (χ1v) is 4.38. The second-order valence-electron chi connectivity index (χ2n) is 3.03. The molecule has 0 saturated heterocycles. The van der Waals surface area contributed by atoms with E-state index in [1.165, 1.54) is 18.2 Å². The molecule has 15 heavy (non-hydrogen) atoms. The van der Waals surface area contributed by atoms with Crippen LogP contribution in [0.4, 0.5) is 0 Å². The fourth-order valence-corrected chi connectivity index (χ4v) is 0.790. The van der Waals surface area contributed by atoms with Crippen molar-refractivity contribution >= 4 is 0 Å². The molecule has 0 spiro atoms. The first kappa shape index (κ1) is 13.1. The summed E-state index contributed by atoms with van der Waals surface area (Å²) in [4.78, 5) is 0. The number of hydrogen-bond acceptors (Lipinski definition) is 3. The number of phenols is 2. The predicted molar refractivity (Wildman–Crippen MR) is 60.5 cm³/mol. The Labute approximate surface area is 89.9 Å². The van der Waals surface area contributed by atoms with Crippen LogP contribution >= 0.6 is 0 Å². The fraction of sp³-hybridized carbons (Fsp3) is 0.167. The normalized spacial score (nSPS) is 8.40. The topological polar surface area (TPSA) is 49.7 Å². The van der Waals surface area contributed by atoms with Gasteiger partial charge in [0, 0.05) is 6.07 Å². The Kier molecular flexibility index (Phi) is 5.71. The SMILES string of the molecule is C=C(C)OC(=C)C.Oc1cccc(O)c1. The molecular weight excluding hydrogens is 192 g/mol. The van der Waals surface area contributed by atoms with E-state index in [0.717, 1.165) is 0 Å². The monoisotopic (exact) mass is 208 g/mol. The van der Waals surface area contributed by atoms with Gasteiger partial charge in [-0.05, 0) is 26.0 Å². The molecule has 0 aliphatic rings. The van der Waals surface area contributed by atoms with Gasteiger partial charge in [-0.25, -0.2) is 0 Å². The Hall–Kier alpha value is -1.90. The molecule has 0 heterocycles. The number of hydrogen-bond donors (Lipinski definition) is 2. The van der Waals surface area contributed by atoms with Crippen LogP contribution in [-0.2, 0) is 4.74 Å². The van der Waals surface area contributed by atoms with Gasteiger partial charge in [-0.15, -0.1) is 0 Å². The lowest BCUT2D eigenvalue weighted by Crippen LogP contribution is -1.78. The molecule has 1 aromatic carbocycles. The first-order valence-electron chi connectivity index (χ1n) is 4.38. The number of rotatable bonds is 2. The van der Waals surface area contributed by atoms with Gasteiger partial charge >= 0.3 is 0 Å². The highest BCUT2D eigenvalue weighted by molar-refractivity contribution is 5.30. The Morgan fingerprint density at radius 1 is 1.07 bits per heavy atom. The third-order valence-electron chi connectivity index (χ3n) is 1.18. The number of phenolic OH excluding ortho intramolecular Hbond substituents is 2. The Morgan fingerprint density at radius 3 is 1.60 bits per heavy atom. The average molecular weight is 208 g/mol. The highest BCUT2D eigenvalue weighted by Gasteiger charge is 1.85.